The first-order chi connectivity index (χ1) is 9.17. The third-order valence-corrected chi connectivity index (χ3v) is 9.50. The Morgan fingerprint density at radius 2 is 2.00 bits per heavy atom. The van der Waals surface area contributed by atoms with Crippen LogP contribution in [0.2, 0.25) is 23.2 Å². The van der Waals surface area contributed by atoms with Crippen molar-refractivity contribution in [3.63, 3.8) is 0 Å². The smallest absolute Gasteiger partial charge is 0.192 e. The molecule has 1 aromatic carbocycles. The van der Waals surface area contributed by atoms with Gasteiger partial charge >= 0.3 is 0 Å². The fourth-order valence-corrected chi connectivity index (χ4v) is 3.94. The van der Waals surface area contributed by atoms with E-state index >= 15 is 0 Å². The van der Waals surface area contributed by atoms with Crippen molar-refractivity contribution in [1.29, 1.82) is 0 Å². The van der Waals surface area contributed by atoms with Gasteiger partial charge in [-0.2, -0.15) is 0 Å². The van der Waals surface area contributed by atoms with Gasteiger partial charge in [-0.1, -0.05) is 44.5 Å². The van der Waals surface area contributed by atoms with Gasteiger partial charge in [0, 0.05) is 10.9 Å². The van der Waals surface area contributed by atoms with Gasteiger partial charge in [0.25, 0.3) is 0 Å². The fourth-order valence-electron chi connectivity index (χ4n) is 2.40. The summed E-state index contributed by atoms with van der Waals surface area (Å²) in [5.74, 6) is -0.112. The Bertz CT molecular complexity index is 520. The molecule has 0 saturated carbocycles. The molecular weight excluding hydrogens is 288 g/mol. The van der Waals surface area contributed by atoms with Crippen LogP contribution in [0.4, 0.5) is 0 Å². The number of aldehydes is 1. The van der Waals surface area contributed by atoms with Crippen molar-refractivity contribution in [3.05, 3.63) is 34.3 Å². The van der Waals surface area contributed by atoms with E-state index in [-0.39, 0.29) is 17.1 Å². The zero-order chi connectivity index (χ0) is 15.1. The van der Waals surface area contributed by atoms with Crippen LogP contribution in [0.15, 0.2) is 18.2 Å². The molecule has 0 spiro atoms. The van der Waals surface area contributed by atoms with Crippen molar-refractivity contribution in [2.24, 2.45) is 5.92 Å². The lowest BCUT2D eigenvalue weighted by atomic mass is 10.1. The van der Waals surface area contributed by atoms with Crippen molar-refractivity contribution in [2.45, 2.75) is 51.4 Å². The molecule has 2 nitrogen and oxygen atoms in total. The van der Waals surface area contributed by atoms with Crippen LogP contribution in [-0.4, -0.2) is 14.6 Å². The first-order valence-electron chi connectivity index (χ1n) is 7.08. The molecule has 1 aliphatic rings. The van der Waals surface area contributed by atoms with E-state index in [9.17, 15) is 4.79 Å². The highest BCUT2D eigenvalue weighted by atomic mass is 35.5. The summed E-state index contributed by atoms with van der Waals surface area (Å²) in [6.45, 7) is 11.1. The van der Waals surface area contributed by atoms with Gasteiger partial charge in [-0.15, -0.1) is 0 Å². The maximum absolute atomic E-state index is 11.4. The fraction of sp³-hybridized carbons (Fsp3) is 0.562. The molecule has 0 N–H and O–H groups in total. The van der Waals surface area contributed by atoms with Crippen molar-refractivity contribution in [1.82, 2.24) is 0 Å². The predicted molar refractivity (Wildman–Crippen MR) is 85.7 cm³/mol. The molecule has 2 atom stereocenters. The molecule has 110 valence electrons. The molecule has 2 unspecified atom stereocenters. The Morgan fingerprint density at radius 3 is 2.55 bits per heavy atom. The third-order valence-electron chi connectivity index (χ3n) is 4.69. The minimum atomic E-state index is -1.92. The van der Waals surface area contributed by atoms with Crippen molar-refractivity contribution in [3.8, 4) is 0 Å². The molecule has 2 rings (SSSR count). The van der Waals surface area contributed by atoms with E-state index in [1.807, 2.05) is 18.2 Å². The highest BCUT2D eigenvalue weighted by Gasteiger charge is 2.43. The Kier molecular flexibility index (Phi) is 4.16. The van der Waals surface area contributed by atoms with Crippen LogP contribution in [0, 0.1) is 5.92 Å². The Hall–Kier alpha value is -0.643. The molecular formula is C16H23ClO2Si. The molecule has 0 heterocycles. The number of carbonyl (C=O) groups is 1. The van der Waals surface area contributed by atoms with Gasteiger partial charge in [0.15, 0.2) is 8.32 Å². The third kappa shape index (κ3) is 2.72. The van der Waals surface area contributed by atoms with Crippen LogP contribution >= 0.6 is 11.6 Å². The molecule has 0 aliphatic heterocycles. The predicted octanol–water partition coefficient (Wildman–Crippen LogP) is 4.77. The van der Waals surface area contributed by atoms with Gasteiger partial charge in [-0.05, 0) is 41.7 Å². The summed E-state index contributed by atoms with van der Waals surface area (Å²) in [5.41, 5.74) is 2.18. The summed E-state index contributed by atoms with van der Waals surface area (Å²) in [6.07, 6.45) is 1.58. The second-order valence-corrected chi connectivity index (χ2v) is 12.3. The first-order valence-corrected chi connectivity index (χ1v) is 10.4. The number of carbonyl (C=O) groups excluding carboxylic acids is 1. The highest BCUT2D eigenvalue weighted by molar-refractivity contribution is 6.74. The molecule has 4 heteroatoms. The summed E-state index contributed by atoms with van der Waals surface area (Å²) in [7, 11) is -1.92. The SMILES string of the molecule is CC(C)(C)[Si](C)(C)OC1c2cccc(Cl)c2CC1C=O. The van der Waals surface area contributed by atoms with Gasteiger partial charge in [0.1, 0.15) is 6.29 Å². The van der Waals surface area contributed by atoms with Gasteiger partial charge in [0.2, 0.25) is 0 Å². The van der Waals surface area contributed by atoms with E-state index in [1.54, 1.807) is 0 Å². The minimum absolute atomic E-state index is 0.112. The van der Waals surface area contributed by atoms with Crippen LogP contribution < -0.4 is 0 Å². The lowest BCUT2D eigenvalue weighted by Gasteiger charge is -2.39. The van der Waals surface area contributed by atoms with Crippen LogP contribution in [0.1, 0.15) is 38.0 Å². The second-order valence-electron chi connectivity index (χ2n) is 7.11. The second kappa shape index (κ2) is 5.28. The van der Waals surface area contributed by atoms with Crippen LogP contribution in [0.5, 0.6) is 0 Å². The molecule has 0 aromatic heterocycles. The summed E-state index contributed by atoms with van der Waals surface area (Å²) >= 11 is 6.26. The van der Waals surface area contributed by atoms with Crippen molar-refractivity contribution >= 4 is 26.2 Å². The van der Waals surface area contributed by atoms with Crippen LogP contribution in [-0.2, 0) is 15.6 Å². The monoisotopic (exact) mass is 310 g/mol. The van der Waals surface area contributed by atoms with E-state index in [1.165, 1.54) is 0 Å². The number of hydrogen-bond donors (Lipinski definition) is 0. The highest BCUT2D eigenvalue weighted by Crippen LogP contribution is 2.46. The van der Waals surface area contributed by atoms with E-state index in [0.29, 0.717) is 6.42 Å². The first kappa shape index (κ1) is 15.7. The van der Waals surface area contributed by atoms with E-state index in [4.69, 9.17) is 16.0 Å². The molecule has 0 bridgehead atoms. The number of halogens is 1. The van der Waals surface area contributed by atoms with E-state index in [2.05, 4.69) is 33.9 Å². The number of rotatable bonds is 3. The van der Waals surface area contributed by atoms with Crippen molar-refractivity contribution in [2.75, 3.05) is 0 Å². The molecule has 0 fully saturated rings. The van der Waals surface area contributed by atoms with Gasteiger partial charge < -0.3 is 9.22 Å². The summed E-state index contributed by atoms with van der Waals surface area (Å²) in [4.78, 5) is 11.4. The number of fused-ring (bicyclic) bond motifs is 1. The van der Waals surface area contributed by atoms with E-state index in [0.717, 1.165) is 22.4 Å². The molecule has 0 saturated heterocycles. The van der Waals surface area contributed by atoms with Crippen molar-refractivity contribution < 1.29 is 9.22 Å². The summed E-state index contributed by atoms with van der Waals surface area (Å²) in [5, 5.41) is 0.873. The average molecular weight is 311 g/mol. The van der Waals surface area contributed by atoms with Gasteiger partial charge in [-0.25, -0.2) is 0 Å². The maximum Gasteiger partial charge on any atom is 0.192 e. The molecule has 1 aromatic rings. The average Bonchev–Trinajstić information content (AvgIpc) is 2.67. The lowest BCUT2D eigenvalue weighted by molar-refractivity contribution is -0.113. The topological polar surface area (TPSA) is 26.3 Å². The maximum atomic E-state index is 11.4. The largest absolute Gasteiger partial charge is 0.409 e. The lowest BCUT2D eigenvalue weighted by Crippen LogP contribution is -2.42. The van der Waals surface area contributed by atoms with Gasteiger partial charge in [-0.3, -0.25) is 0 Å². The van der Waals surface area contributed by atoms with E-state index < -0.39 is 8.32 Å². The molecule has 1 aliphatic carbocycles. The number of benzene rings is 1. The molecule has 0 radical (unpaired) electrons. The Morgan fingerprint density at radius 1 is 1.35 bits per heavy atom. The quantitative estimate of drug-likeness (QED) is 0.593. The normalized spacial score (nSPS) is 22.7. The number of hydrogen-bond acceptors (Lipinski definition) is 2. The zero-order valence-electron chi connectivity index (χ0n) is 12.9. The van der Waals surface area contributed by atoms with Gasteiger partial charge in [0.05, 0.1) is 6.10 Å². The zero-order valence-corrected chi connectivity index (χ0v) is 14.6. The molecule has 20 heavy (non-hydrogen) atoms. The van der Waals surface area contributed by atoms with Crippen LogP contribution in [0.3, 0.4) is 0 Å². The summed E-state index contributed by atoms with van der Waals surface area (Å²) < 4.78 is 6.50. The molecule has 0 amide bonds. The standard InChI is InChI=1S/C16H23ClO2Si/c1-16(2,3)20(4,5)19-15-11(10-18)9-13-12(15)7-6-8-14(13)17/h6-8,10-11,15H,9H2,1-5H3. The van der Waals surface area contributed by atoms with Crippen LogP contribution in [0.25, 0.3) is 0 Å². The Labute approximate surface area is 127 Å². The Balaban J connectivity index is 2.37. The summed E-state index contributed by atoms with van der Waals surface area (Å²) in [6, 6.07) is 5.87. The minimum Gasteiger partial charge on any atom is -0.409 e.